The maximum absolute atomic E-state index is 12.3. The van der Waals surface area contributed by atoms with Crippen molar-refractivity contribution >= 4 is 5.78 Å². The van der Waals surface area contributed by atoms with Gasteiger partial charge in [-0.15, -0.1) is 0 Å². The second-order valence-corrected chi connectivity index (χ2v) is 6.21. The highest BCUT2D eigenvalue weighted by Crippen LogP contribution is 2.38. The number of nitrogens with zero attached hydrogens (tertiary/aromatic N) is 2. The molecule has 0 aromatic carbocycles. The molecule has 2 rings (SSSR count). The van der Waals surface area contributed by atoms with Crippen LogP contribution in [0.15, 0.2) is 12.4 Å². The first-order chi connectivity index (χ1) is 8.52. The molecule has 3 nitrogen and oxygen atoms in total. The predicted octanol–water partition coefficient (Wildman–Crippen LogP) is 3.23. The van der Waals surface area contributed by atoms with Crippen LogP contribution in [0.25, 0.3) is 0 Å². The lowest BCUT2D eigenvalue weighted by Crippen LogP contribution is -2.27. The van der Waals surface area contributed by atoms with Crippen molar-refractivity contribution in [2.24, 2.45) is 11.3 Å². The lowest BCUT2D eigenvalue weighted by atomic mass is 9.72. The molecular weight excluding hydrogens is 224 g/mol. The highest BCUT2D eigenvalue weighted by atomic mass is 16.1. The molecule has 0 N–H and O–H groups in total. The van der Waals surface area contributed by atoms with Crippen LogP contribution in [0.4, 0.5) is 0 Å². The molecule has 0 atom stereocenters. The minimum atomic E-state index is 0.264. The molecule has 0 aliphatic heterocycles. The fraction of sp³-hybridized carbons (Fsp3) is 0.733. The minimum absolute atomic E-state index is 0.264. The Labute approximate surface area is 110 Å². The first-order valence-electron chi connectivity index (χ1n) is 7.04. The average Bonchev–Trinajstić information content (AvgIpc) is 2.76. The first kappa shape index (κ1) is 13.3. The Morgan fingerprint density at radius 2 is 2.11 bits per heavy atom. The van der Waals surface area contributed by atoms with Crippen molar-refractivity contribution in [3.05, 3.63) is 18.2 Å². The van der Waals surface area contributed by atoms with E-state index >= 15 is 0 Å². The van der Waals surface area contributed by atoms with E-state index in [-0.39, 0.29) is 5.92 Å². The van der Waals surface area contributed by atoms with Gasteiger partial charge in [0, 0.05) is 24.9 Å². The van der Waals surface area contributed by atoms with E-state index in [0.717, 1.165) is 25.2 Å². The first-order valence-corrected chi connectivity index (χ1v) is 7.04. The third kappa shape index (κ3) is 3.01. The van der Waals surface area contributed by atoms with E-state index < -0.39 is 0 Å². The molecule has 18 heavy (non-hydrogen) atoms. The standard InChI is InChI=1S/C15H24N2O/c1-4-17-10-9-16-14(17)11-13(18)12-5-7-15(2,3)8-6-12/h9-10,12H,4-8,11H2,1-3H3. The summed E-state index contributed by atoms with van der Waals surface area (Å²) in [5, 5.41) is 0. The van der Waals surface area contributed by atoms with E-state index in [1.165, 1.54) is 12.8 Å². The normalized spacial score (nSPS) is 19.9. The highest BCUT2D eigenvalue weighted by Gasteiger charge is 2.30. The predicted molar refractivity (Wildman–Crippen MR) is 72.4 cm³/mol. The fourth-order valence-electron chi connectivity index (χ4n) is 2.82. The van der Waals surface area contributed by atoms with Crippen LogP contribution >= 0.6 is 0 Å². The van der Waals surface area contributed by atoms with E-state index in [1.807, 2.05) is 6.20 Å². The maximum Gasteiger partial charge on any atom is 0.143 e. The molecule has 1 fully saturated rings. The Kier molecular flexibility index (Phi) is 3.88. The number of imidazole rings is 1. The van der Waals surface area contributed by atoms with Gasteiger partial charge in [0.2, 0.25) is 0 Å². The number of aromatic nitrogens is 2. The van der Waals surface area contributed by atoms with Crippen molar-refractivity contribution in [1.29, 1.82) is 0 Å². The van der Waals surface area contributed by atoms with Crippen LogP contribution in [0.1, 0.15) is 52.3 Å². The van der Waals surface area contributed by atoms with Crippen molar-refractivity contribution in [2.75, 3.05) is 0 Å². The lowest BCUT2D eigenvalue weighted by Gasteiger charge is -2.33. The van der Waals surface area contributed by atoms with E-state index in [9.17, 15) is 4.79 Å². The SMILES string of the molecule is CCn1ccnc1CC(=O)C1CCC(C)(C)CC1. The summed E-state index contributed by atoms with van der Waals surface area (Å²) >= 11 is 0. The molecule has 0 saturated heterocycles. The van der Waals surface area contributed by atoms with Crippen molar-refractivity contribution < 1.29 is 4.79 Å². The number of carbonyl (C=O) groups is 1. The number of Topliss-reactive ketones (excluding diaryl/α,β-unsaturated/α-hetero) is 1. The van der Waals surface area contributed by atoms with E-state index in [2.05, 4.69) is 30.3 Å². The van der Waals surface area contributed by atoms with E-state index in [0.29, 0.717) is 17.6 Å². The molecule has 1 aliphatic carbocycles. The Bertz CT molecular complexity index is 410. The number of hydrogen-bond acceptors (Lipinski definition) is 2. The third-order valence-electron chi connectivity index (χ3n) is 4.27. The van der Waals surface area contributed by atoms with Gasteiger partial charge in [0.1, 0.15) is 11.6 Å². The summed E-state index contributed by atoms with van der Waals surface area (Å²) < 4.78 is 2.06. The summed E-state index contributed by atoms with van der Waals surface area (Å²) in [6, 6.07) is 0. The molecule has 1 aromatic heterocycles. The molecule has 0 amide bonds. The van der Waals surface area contributed by atoms with Crippen molar-refractivity contribution in [2.45, 2.75) is 59.4 Å². The summed E-state index contributed by atoms with van der Waals surface area (Å²) in [6.45, 7) is 7.58. The van der Waals surface area contributed by atoms with Crippen LogP contribution in [0, 0.1) is 11.3 Å². The smallest absolute Gasteiger partial charge is 0.143 e. The van der Waals surface area contributed by atoms with Crippen LogP contribution in [0.3, 0.4) is 0 Å². The second-order valence-electron chi connectivity index (χ2n) is 6.21. The molecule has 0 unspecified atom stereocenters. The Hall–Kier alpha value is -1.12. The molecule has 1 aliphatic rings. The Morgan fingerprint density at radius 3 is 2.72 bits per heavy atom. The van der Waals surface area contributed by atoms with Gasteiger partial charge in [0.25, 0.3) is 0 Å². The topological polar surface area (TPSA) is 34.9 Å². The van der Waals surface area contributed by atoms with Crippen LogP contribution in [0.2, 0.25) is 0 Å². The Balaban J connectivity index is 1.93. The van der Waals surface area contributed by atoms with Crippen LogP contribution < -0.4 is 0 Å². The minimum Gasteiger partial charge on any atom is -0.335 e. The summed E-state index contributed by atoms with van der Waals surface area (Å²) in [4.78, 5) is 16.6. The molecule has 1 heterocycles. The largest absolute Gasteiger partial charge is 0.335 e. The molecule has 1 aromatic rings. The number of carbonyl (C=O) groups excluding carboxylic acids is 1. The van der Waals surface area contributed by atoms with Crippen molar-refractivity contribution in [3.63, 3.8) is 0 Å². The highest BCUT2D eigenvalue weighted by molar-refractivity contribution is 5.82. The van der Waals surface area contributed by atoms with Gasteiger partial charge in [0.05, 0.1) is 6.42 Å². The lowest BCUT2D eigenvalue weighted by molar-refractivity contribution is -0.123. The second kappa shape index (κ2) is 5.25. The quantitative estimate of drug-likeness (QED) is 0.820. The number of hydrogen-bond donors (Lipinski definition) is 0. The van der Waals surface area contributed by atoms with E-state index in [4.69, 9.17) is 0 Å². The molecule has 1 saturated carbocycles. The Morgan fingerprint density at radius 1 is 1.44 bits per heavy atom. The van der Waals surface area contributed by atoms with Gasteiger partial charge in [-0.2, -0.15) is 0 Å². The monoisotopic (exact) mass is 248 g/mol. The number of aryl methyl sites for hydroxylation is 1. The van der Waals surface area contributed by atoms with E-state index in [1.54, 1.807) is 6.20 Å². The molecule has 0 spiro atoms. The number of ketones is 1. The van der Waals surface area contributed by atoms with Gasteiger partial charge < -0.3 is 4.57 Å². The molecule has 100 valence electrons. The summed E-state index contributed by atoms with van der Waals surface area (Å²) in [5.41, 5.74) is 0.429. The van der Waals surface area contributed by atoms with Crippen molar-refractivity contribution in [3.8, 4) is 0 Å². The summed E-state index contributed by atoms with van der Waals surface area (Å²) in [7, 11) is 0. The van der Waals surface area contributed by atoms with Gasteiger partial charge >= 0.3 is 0 Å². The van der Waals surface area contributed by atoms with Crippen LogP contribution in [-0.2, 0) is 17.8 Å². The van der Waals surface area contributed by atoms with Crippen LogP contribution in [0.5, 0.6) is 0 Å². The number of rotatable bonds is 4. The van der Waals surface area contributed by atoms with Crippen molar-refractivity contribution in [1.82, 2.24) is 9.55 Å². The molecule has 3 heteroatoms. The van der Waals surface area contributed by atoms with Crippen LogP contribution in [-0.4, -0.2) is 15.3 Å². The van der Waals surface area contributed by atoms with Gasteiger partial charge in [-0.25, -0.2) is 4.98 Å². The molecule has 0 radical (unpaired) electrons. The summed E-state index contributed by atoms with van der Waals surface area (Å²) in [6.07, 6.45) is 8.70. The molecular formula is C15H24N2O. The summed E-state index contributed by atoms with van der Waals surface area (Å²) in [5.74, 6) is 1.57. The zero-order chi connectivity index (χ0) is 13.2. The maximum atomic E-state index is 12.3. The zero-order valence-electron chi connectivity index (χ0n) is 11.8. The van der Waals surface area contributed by atoms with Gasteiger partial charge in [0.15, 0.2) is 0 Å². The van der Waals surface area contributed by atoms with Gasteiger partial charge in [-0.1, -0.05) is 13.8 Å². The zero-order valence-corrected chi connectivity index (χ0v) is 11.8. The molecule has 0 bridgehead atoms. The van der Waals surface area contributed by atoms with Gasteiger partial charge in [-0.05, 0) is 38.0 Å². The average molecular weight is 248 g/mol. The third-order valence-corrected chi connectivity index (χ3v) is 4.27. The van der Waals surface area contributed by atoms with Gasteiger partial charge in [-0.3, -0.25) is 4.79 Å². The fourth-order valence-corrected chi connectivity index (χ4v) is 2.82.